The fourth-order valence-electron chi connectivity index (χ4n) is 2.49. The Morgan fingerprint density at radius 1 is 1.38 bits per heavy atom. The summed E-state index contributed by atoms with van der Waals surface area (Å²) >= 11 is 0. The molecule has 0 radical (unpaired) electrons. The highest BCUT2D eigenvalue weighted by atomic mass is 16.5. The molecule has 1 amide bonds. The van der Waals surface area contributed by atoms with E-state index in [-0.39, 0.29) is 18.6 Å². The number of ether oxygens (including phenoxy) is 2. The van der Waals surface area contributed by atoms with Crippen LogP contribution in [0.4, 0.5) is 0 Å². The average Bonchev–Trinajstić information content (AvgIpc) is 2.47. The van der Waals surface area contributed by atoms with Gasteiger partial charge >= 0.3 is 0 Å². The topological polar surface area (TPSA) is 71.3 Å². The molecule has 1 N–H and O–H groups in total. The van der Waals surface area contributed by atoms with E-state index in [1.54, 1.807) is 12.1 Å². The molecule has 112 valence electrons. The fraction of sp³-hybridized carbons (Fsp3) is 0.500. The quantitative estimate of drug-likeness (QED) is 0.917. The number of aryl methyl sites for hydroxylation is 2. The third-order valence-corrected chi connectivity index (χ3v) is 3.52. The van der Waals surface area contributed by atoms with E-state index in [0.717, 1.165) is 24.0 Å². The molecule has 1 aromatic carbocycles. The standard InChI is InChI=1S/C16H20N2O3/c1-11-7-13(9-17)8-12(2)16(11)21-10-15(19)18-14-3-5-20-6-4-14/h7-8,14H,3-6,10H2,1-2H3,(H,18,19). The molecule has 0 spiro atoms. The van der Waals surface area contributed by atoms with Gasteiger partial charge in [0.05, 0.1) is 11.6 Å². The molecule has 2 rings (SSSR count). The van der Waals surface area contributed by atoms with Gasteiger partial charge in [-0.1, -0.05) is 0 Å². The van der Waals surface area contributed by atoms with Crippen LogP contribution in [0.15, 0.2) is 12.1 Å². The Bertz CT molecular complexity index is 534. The largest absolute Gasteiger partial charge is 0.483 e. The van der Waals surface area contributed by atoms with Crippen molar-refractivity contribution in [2.45, 2.75) is 32.7 Å². The number of carbonyl (C=O) groups excluding carboxylic acids is 1. The monoisotopic (exact) mass is 288 g/mol. The Balaban J connectivity index is 1.90. The van der Waals surface area contributed by atoms with E-state index in [1.807, 2.05) is 13.8 Å². The minimum absolute atomic E-state index is 0.00899. The molecule has 0 aliphatic carbocycles. The van der Waals surface area contributed by atoms with Gasteiger partial charge in [-0.3, -0.25) is 4.79 Å². The first-order chi connectivity index (χ1) is 10.1. The number of nitriles is 1. The predicted molar refractivity (Wildman–Crippen MR) is 78.1 cm³/mol. The van der Waals surface area contributed by atoms with Gasteiger partial charge in [-0.15, -0.1) is 0 Å². The average molecular weight is 288 g/mol. The second kappa shape index (κ2) is 7.09. The molecule has 1 aliphatic heterocycles. The van der Waals surface area contributed by atoms with Crippen molar-refractivity contribution in [2.75, 3.05) is 19.8 Å². The van der Waals surface area contributed by atoms with Gasteiger partial charge in [0.15, 0.2) is 6.61 Å². The molecule has 0 aromatic heterocycles. The van der Waals surface area contributed by atoms with Crippen LogP contribution in [-0.4, -0.2) is 31.8 Å². The van der Waals surface area contributed by atoms with Gasteiger partial charge in [0, 0.05) is 19.3 Å². The van der Waals surface area contributed by atoms with Crippen LogP contribution < -0.4 is 10.1 Å². The lowest BCUT2D eigenvalue weighted by Gasteiger charge is -2.23. The fourth-order valence-corrected chi connectivity index (χ4v) is 2.49. The summed E-state index contributed by atoms with van der Waals surface area (Å²) in [7, 11) is 0. The van der Waals surface area contributed by atoms with Crippen LogP contribution in [0, 0.1) is 25.2 Å². The van der Waals surface area contributed by atoms with Gasteiger partial charge < -0.3 is 14.8 Å². The lowest BCUT2D eigenvalue weighted by Crippen LogP contribution is -2.41. The summed E-state index contributed by atoms with van der Waals surface area (Å²) < 4.78 is 10.9. The molecule has 1 saturated heterocycles. The Labute approximate surface area is 124 Å². The summed E-state index contributed by atoms with van der Waals surface area (Å²) in [4.78, 5) is 11.9. The molecule has 1 heterocycles. The summed E-state index contributed by atoms with van der Waals surface area (Å²) in [6, 6.07) is 5.81. The summed E-state index contributed by atoms with van der Waals surface area (Å²) in [5, 5.41) is 11.9. The van der Waals surface area contributed by atoms with Crippen molar-refractivity contribution < 1.29 is 14.3 Å². The lowest BCUT2D eigenvalue weighted by molar-refractivity contribution is -0.124. The van der Waals surface area contributed by atoms with Crippen molar-refractivity contribution in [1.82, 2.24) is 5.32 Å². The van der Waals surface area contributed by atoms with E-state index < -0.39 is 0 Å². The number of benzene rings is 1. The maximum Gasteiger partial charge on any atom is 0.258 e. The summed E-state index contributed by atoms with van der Waals surface area (Å²) in [5.41, 5.74) is 2.33. The number of hydrogen-bond donors (Lipinski definition) is 1. The predicted octanol–water partition coefficient (Wildman–Crippen LogP) is 1.85. The molecule has 1 fully saturated rings. The maximum absolute atomic E-state index is 11.9. The van der Waals surface area contributed by atoms with Crippen LogP contribution in [-0.2, 0) is 9.53 Å². The third kappa shape index (κ3) is 4.20. The van der Waals surface area contributed by atoms with E-state index in [9.17, 15) is 4.79 Å². The number of carbonyl (C=O) groups is 1. The van der Waals surface area contributed by atoms with Crippen molar-refractivity contribution in [2.24, 2.45) is 0 Å². The van der Waals surface area contributed by atoms with Crippen LogP contribution in [0.2, 0.25) is 0 Å². The number of rotatable bonds is 4. The van der Waals surface area contributed by atoms with Crippen LogP contribution in [0.3, 0.4) is 0 Å². The van der Waals surface area contributed by atoms with E-state index in [1.165, 1.54) is 0 Å². The zero-order valence-electron chi connectivity index (χ0n) is 12.4. The molecule has 0 unspecified atom stereocenters. The first-order valence-corrected chi connectivity index (χ1v) is 7.11. The normalized spacial score (nSPS) is 15.3. The van der Waals surface area contributed by atoms with Crippen molar-refractivity contribution in [3.63, 3.8) is 0 Å². The van der Waals surface area contributed by atoms with Crippen LogP contribution in [0.25, 0.3) is 0 Å². The van der Waals surface area contributed by atoms with Crippen LogP contribution in [0.1, 0.15) is 29.5 Å². The molecular weight excluding hydrogens is 268 g/mol. The van der Waals surface area contributed by atoms with Crippen molar-refractivity contribution in [3.8, 4) is 11.8 Å². The lowest BCUT2D eigenvalue weighted by atomic mass is 10.1. The number of hydrogen-bond acceptors (Lipinski definition) is 4. The third-order valence-electron chi connectivity index (χ3n) is 3.52. The molecule has 5 heteroatoms. The second-order valence-corrected chi connectivity index (χ2v) is 5.29. The Hall–Kier alpha value is -2.06. The minimum Gasteiger partial charge on any atom is -0.483 e. The van der Waals surface area contributed by atoms with Crippen molar-refractivity contribution >= 4 is 5.91 Å². The molecular formula is C16H20N2O3. The van der Waals surface area contributed by atoms with Gasteiger partial charge in [-0.05, 0) is 49.9 Å². The Morgan fingerprint density at radius 2 is 2.00 bits per heavy atom. The first kappa shape index (κ1) is 15.3. The van der Waals surface area contributed by atoms with E-state index in [0.29, 0.717) is 24.5 Å². The Kier molecular flexibility index (Phi) is 5.18. The SMILES string of the molecule is Cc1cc(C#N)cc(C)c1OCC(=O)NC1CCOCC1. The second-order valence-electron chi connectivity index (χ2n) is 5.29. The molecule has 0 atom stereocenters. The number of amides is 1. The zero-order valence-corrected chi connectivity index (χ0v) is 12.4. The van der Waals surface area contributed by atoms with Crippen LogP contribution >= 0.6 is 0 Å². The molecule has 1 aliphatic rings. The molecule has 1 aromatic rings. The summed E-state index contributed by atoms with van der Waals surface area (Å²) in [6.07, 6.45) is 1.70. The van der Waals surface area contributed by atoms with Gasteiger partial charge in [0.1, 0.15) is 5.75 Å². The van der Waals surface area contributed by atoms with Crippen LogP contribution in [0.5, 0.6) is 5.75 Å². The van der Waals surface area contributed by atoms with Crippen molar-refractivity contribution in [3.05, 3.63) is 28.8 Å². The molecule has 21 heavy (non-hydrogen) atoms. The summed E-state index contributed by atoms with van der Waals surface area (Å²) in [5.74, 6) is 0.557. The highest BCUT2D eigenvalue weighted by Crippen LogP contribution is 2.24. The van der Waals surface area contributed by atoms with Gasteiger partial charge in [-0.2, -0.15) is 5.26 Å². The van der Waals surface area contributed by atoms with E-state index >= 15 is 0 Å². The van der Waals surface area contributed by atoms with E-state index in [2.05, 4.69) is 11.4 Å². The summed E-state index contributed by atoms with van der Waals surface area (Å²) in [6.45, 7) is 5.13. The maximum atomic E-state index is 11.9. The molecule has 0 saturated carbocycles. The van der Waals surface area contributed by atoms with Gasteiger partial charge in [-0.25, -0.2) is 0 Å². The zero-order chi connectivity index (χ0) is 15.2. The van der Waals surface area contributed by atoms with E-state index in [4.69, 9.17) is 14.7 Å². The highest BCUT2D eigenvalue weighted by molar-refractivity contribution is 5.78. The van der Waals surface area contributed by atoms with Crippen molar-refractivity contribution in [1.29, 1.82) is 5.26 Å². The first-order valence-electron chi connectivity index (χ1n) is 7.11. The molecule has 0 bridgehead atoms. The minimum atomic E-state index is -0.120. The van der Waals surface area contributed by atoms with Gasteiger partial charge in [0.25, 0.3) is 5.91 Å². The highest BCUT2D eigenvalue weighted by Gasteiger charge is 2.16. The smallest absolute Gasteiger partial charge is 0.258 e. The number of nitrogens with zero attached hydrogens (tertiary/aromatic N) is 1. The Morgan fingerprint density at radius 3 is 2.57 bits per heavy atom. The van der Waals surface area contributed by atoms with Gasteiger partial charge in [0.2, 0.25) is 0 Å². The number of nitrogens with one attached hydrogen (secondary N) is 1. The molecule has 5 nitrogen and oxygen atoms in total.